The predicted molar refractivity (Wildman–Crippen MR) is 102 cm³/mol. The van der Waals surface area contributed by atoms with E-state index in [0.29, 0.717) is 12.0 Å². The van der Waals surface area contributed by atoms with Gasteiger partial charge in [0.05, 0.1) is 26.7 Å². The molecule has 0 saturated heterocycles. The molecule has 26 heavy (non-hydrogen) atoms. The maximum Gasteiger partial charge on any atom is 0.323 e. The molecule has 6 nitrogen and oxygen atoms in total. The average molecular weight is 472 g/mol. The van der Waals surface area contributed by atoms with E-state index in [1.54, 1.807) is 4.08 Å². The summed E-state index contributed by atoms with van der Waals surface area (Å²) in [6.07, 6.45) is 0.304. The van der Waals surface area contributed by atoms with Gasteiger partial charge < -0.3 is 14.2 Å². The molecule has 0 aliphatic heterocycles. The lowest BCUT2D eigenvalue weighted by molar-refractivity contribution is -0.170. The SMILES string of the molecule is COC(=O)C1(C(=O)OC)C/C(=C/I)C(Cc2ccccc2)(C(=O)OC)C1. The van der Waals surface area contributed by atoms with E-state index < -0.39 is 28.7 Å². The van der Waals surface area contributed by atoms with Gasteiger partial charge in [-0.3, -0.25) is 14.4 Å². The second-order valence-electron chi connectivity index (χ2n) is 6.29. The Kier molecular flexibility index (Phi) is 6.44. The predicted octanol–water partition coefficient (Wildman–Crippen LogP) is 2.83. The van der Waals surface area contributed by atoms with Crippen LogP contribution in [0, 0.1) is 10.8 Å². The number of carbonyl (C=O) groups is 3. The van der Waals surface area contributed by atoms with E-state index in [4.69, 9.17) is 14.2 Å². The third-order valence-electron chi connectivity index (χ3n) is 4.92. The first-order valence-corrected chi connectivity index (χ1v) is 9.23. The second-order valence-corrected chi connectivity index (χ2v) is 6.91. The fourth-order valence-corrected chi connectivity index (χ4v) is 4.50. The van der Waals surface area contributed by atoms with Crippen LogP contribution in [0.4, 0.5) is 0 Å². The summed E-state index contributed by atoms with van der Waals surface area (Å²) in [5.74, 6) is -1.91. The Morgan fingerprint density at radius 1 is 1.00 bits per heavy atom. The molecule has 0 bridgehead atoms. The van der Waals surface area contributed by atoms with Crippen LogP contribution in [0.5, 0.6) is 0 Å². The summed E-state index contributed by atoms with van der Waals surface area (Å²) in [5.41, 5.74) is -1.15. The second kappa shape index (κ2) is 8.20. The molecule has 7 heteroatoms. The topological polar surface area (TPSA) is 78.9 Å². The molecule has 1 unspecified atom stereocenters. The van der Waals surface area contributed by atoms with E-state index in [2.05, 4.69) is 0 Å². The number of benzene rings is 1. The van der Waals surface area contributed by atoms with Crippen LogP contribution in [-0.2, 0) is 35.0 Å². The highest BCUT2D eigenvalue weighted by molar-refractivity contribution is 14.1. The monoisotopic (exact) mass is 472 g/mol. The number of ether oxygens (including phenoxy) is 3. The van der Waals surface area contributed by atoms with Gasteiger partial charge in [0.1, 0.15) is 0 Å². The molecule has 0 heterocycles. The molecule has 1 fully saturated rings. The molecule has 1 aromatic rings. The number of halogens is 1. The lowest BCUT2D eigenvalue weighted by Crippen LogP contribution is -2.42. The third kappa shape index (κ3) is 3.36. The van der Waals surface area contributed by atoms with Crippen LogP contribution in [0.15, 0.2) is 40.0 Å². The minimum atomic E-state index is -1.57. The molecular formula is C19H21IO6. The summed E-state index contributed by atoms with van der Waals surface area (Å²) in [7, 11) is 3.74. The third-order valence-corrected chi connectivity index (χ3v) is 5.67. The van der Waals surface area contributed by atoms with E-state index in [0.717, 1.165) is 5.56 Å². The number of rotatable bonds is 5. The highest BCUT2D eigenvalue weighted by Crippen LogP contribution is 2.56. The minimum absolute atomic E-state index is 0.0528. The first-order chi connectivity index (χ1) is 12.4. The molecule has 1 saturated carbocycles. The van der Waals surface area contributed by atoms with Crippen molar-refractivity contribution in [3.8, 4) is 0 Å². The highest BCUT2D eigenvalue weighted by atomic mass is 127. The first-order valence-electron chi connectivity index (χ1n) is 7.99. The van der Waals surface area contributed by atoms with Crippen molar-refractivity contribution in [1.29, 1.82) is 0 Å². The number of hydrogen-bond acceptors (Lipinski definition) is 6. The summed E-state index contributed by atoms with van der Waals surface area (Å²) in [5, 5.41) is 0. The maximum atomic E-state index is 12.8. The Morgan fingerprint density at radius 2 is 1.54 bits per heavy atom. The summed E-state index contributed by atoms with van der Waals surface area (Å²) < 4.78 is 16.6. The molecule has 1 aliphatic carbocycles. The largest absolute Gasteiger partial charge is 0.468 e. The van der Waals surface area contributed by atoms with Crippen molar-refractivity contribution in [2.75, 3.05) is 21.3 Å². The van der Waals surface area contributed by atoms with Gasteiger partial charge in [-0.25, -0.2) is 0 Å². The van der Waals surface area contributed by atoms with Crippen molar-refractivity contribution in [2.45, 2.75) is 19.3 Å². The quantitative estimate of drug-likeness (QED) is 0.284. The zero-order valence-corrected chi connectivity index (χ0v) is 17.1. The number of hydrogen-bond donors (Lipinski definition) is 0. The Hall–Kier alpha value is -1.90. The first kappa shape index (κ1) is 20.4. The summed E-state index contributed by atoms with van der Waals surface area (Å²) >= 11 is 2.02. The van der Waals surface area contributed by atoms with Crippen LogP contribution >= 0.6 is 22.6 Å². The van der Waals surface area contributed by atoms with Crippen LogP contribution in [0.3, 0.4) is 0 Å². The molecule has 0 amide bonds. The zero-order valence-electron chi connectivity index (χ0n) is 14.9. The van der Waals surface area contributed by atoms with Gasteiger partial charge in [0.15, 0.2) is 5.41 Å². The van der Waals surface area contributed by atoms with Gasteiger partial charge in [-0.05, 0) is 34.5 Å². The van der Waals surface area contributed by atoms with E-state index in [-0.39, 0.29) is 12.8 Å². The molecule has 1 aromatic carbocycles. The highest BCUT2D eigenvalue weighted by Gasteiger charge is 2.64. The van der Waals surface area contributed by atoms with Crippen LogP contribution < -0.4 is 0 Å². The summed E-state index contributed by atoms with van der Waals surface area (Å²) in [6.45, 7) is 0. The molecule has 0 aromatic heterocycles. The van der Waals surface area contributed by atoms with Gasteiger partial charge in [0, 0.05) is 0 Å². The molecular weight excluding hydrogens is 451 g/mol. The van der Waals surface area contributed by atoms with Crippen molar-refractivity contribution in [2.24, 2.45) is 10.8 Å². The smallest absolute Gasteiger partial charge is 0.323 e. The molecule has 1 aliphatic rings. The van der Waals surface area contributed by atoms with Crippen molar-refractivity contribution in [3.05, 3.63) is 45.6 Å². The van der Waals surface area contributed by atoms with Gasteiger partial charge in [-0.2, -0.15) is 0 Å². The number of carbonyl (C=O) groups excluding carboxylic acids is 3. The molecule has 0 N–H and O–H groups in total. The zero-order chi connectivity index (χ0) is 19.4. The van der Waals surface area contributed by atoms with Crippen molar-refractivity contribution in [1.82, 2.24) is 0 Å². The lowest BCUT2D eigenvalue weighted by atomic mass is 9.74. The normalized spacial score (nSPS) is 22.7. The van der Waals surface area contributed by atoms with Gasteiger partial charge in [-0.1, -0.05) is 52.9 Å². The summed E-state index contributed by atoms with van der Waals surface area (Å²) in [6, 6.07) is 9.41. The van der Waals surface area contributed by atoms with E-state index in [1.165, 1.54) is 21.3 Å². The van der Waals surface area contributed by atoms with E-state index in [1.807, 2.05) is 52.9 Å². The van der Waals surface area contributed by atoms with Crippen LogP contribution in [0.2, 0.25) is 0 Å². The molecule has 0 radical (unpaired) electrons. The number of esters is 3. The molecule has 0 spiro atoms. The Bertz CT molecular complexity index is 711. The fraction of sp³-hybridized carbons (Fsp3) is 0.421. The van der Waals surface area contributed by atoms with E-state index >= 15 is 0 Å². The van der Waals surface area contributed by atoms with Gasteiger partial charge in [-0.15, -0.1) is 0 Å². The lowest BCUT2D eigenvalue weighted by Gasteiger charge is -2.29. The van der Waals surface area contributed by atoms with Crippen molar-refractivity contribution >= 4 is 40.5 Å². The maximum absolute atomic E-state index is 12.8. The molecule has 1 atom stereocenters. The van der Waals surface area contributed by atoms with Crippen molar-refractivity contribution < 1.29 is 28.6 Å². The van der Waals surface area contributed by atoms with Crippen LogP contribution in [0.25, 0.3) is 0 Å². The Balaban J connectivity index is 2.61. The molecule has 2 rings (SSSR count). The standard InChI is InChI=1S/C19H21IO6/c1-24-15(21)18(9-13-7-5-4-6-8-13)12-19(16(22)25-2,17(23)26-3)10-14(18)11-20/h4-8,11H,9-10,12H2,1-3H3/b14-11-. The summed E-state index contributed by atoms with van der Waals surface area (Å²) in [4.78, 5) is 37.9. The van der Waals surface area contributed by atoms with Gasteiger partial charge in [0.2, 0.25) is 0 Å². The minimum Gasteiger partial charge on any atom is -0.468 e. The van der Waals surface area contributed by atoms with Crippen molar-refractivity contribution in [3.63, 3.8) is 0 Å². The van der Waals surface area contributed by atoms with Crippen LogP contribution in [0.1, 0.15) is 18.4 Å². The molecule has 140 valence electrons. The fourth-order valence-electron chi connectivity index (χ4n) is 3.68. The van der Waals surface area contributed by atoms with Gasteiger partial charge >= 0.3 is 17.9 Å². The Labute approximate surface area is 166 Å². The number of methoxy groups -OCH3 is 3. The van der Waals surface area contributed by atoms with E-state index in [9.17, 15) is 14.4 Å². The van der Waals surface area contributed by atoms with Crippen LogP contribution in [-0.4, -0.2) is 39.2 Å². The average Bonchev–Trinajstić information content (AvgIpc) is 3.03. The Morgan fingerprint density at radius 3 is 2.00 bits per heavy atom. The van der Waals surface area contributed by atoms with Gasteiger partial charge in [0.25, 0.3) is 0 Å².